The maximum absolute atomic E-state index is 12.3. The van der Waals surface area contributed by atoms with Gasteiger partial charge >= 0.3 is 12.1 Å². The Morgan fingerprint density at radius 1 is 1.42 bits per heavy atom. The fraction of sp³-hybridized carbons (Fsp3) is 0.400. The summed E-state index contributed by atoms with van der Waals surface area (Å²) in [6.45, 7) is 5.19. The van der Waals surface area contributed by atoms with Gasteiger partial charge in [0.1, 0.15) is 11.6 Å². The Balaban J connectivity index is 2.16. The standard InChI is InChI=1S/C15H17BrN2O5S/c1-15(2,3)23-14(22)18-10-6-24-11-5-8(16)7(13(20)21)4-9(11)17-12(10)19/h4-5,10H,6H2,1-3H3,(H,17,19)(H,18,22)(H,20,21)/t10-/m0/s1. The third-order valence-corrected chi connectivity index (χ3v) is 4.78. The van der Waals surface area contributed by atoms with Crippen LogP contribution in [0.25, 0.3) is 0 Å². The first-order valence-electron chi connectivity index (χ1n) is 7.07. The minimum Gasteiger partial charge on any atom is -0.478 e. The summed E-state index contributed by atoms with van der Waals surface area (Å²) in [5.74, 6) is -1.22. The molecule has 24 heavy (non-hydrogen) atoms. The quantitative estimate of drug-likeness (QED) is 0.683. The largest absolute Gasteiger partial charge is 0.478 e. The van der Waals surface area contributed by atoms with Gasteiger partial charge in [-0.2, -0.15) is 0 Å². The van der Waals surface area contributed by atoms with Crippen molar-refractivity contribution in [2.24, 2.45) is 0 Å². The predicted molar refractivity (Wildman–Crippen MR) is 93.6 cm³/mol. The first kappa shape index (κ1) is 18.6. The van der Waals surface area contributed by atoms with Crippen molar-refractivity contribution in [2.75, 3.05) is 11.1 Å². The monoisotopic (exact) mass is 416 g/mol. The molecule has 0 radical (unpaired) electrons. The van der Waals surface area contributed by atoms with Gasteiger partial charge in [-0.3, -0.25) is 4.79 Å². The summed E-state index contributed by atoms with van der Waals surface area (Å²) in [6.07, 6.45) is -0.679. The summed E-state index contributed by atoms with van der Waals surface area (Å²) in [5, 5.41) is 14.3. The van der Waals surface area contributed by atoms with Gasteiger partial charge < -0.3 is 20.5 Å². The molecule has 0 aromatic heterocycles. The molecule has 130 valence electrons. The van der Waals surface area contributed by atoms with Gasteiger partial charge in [0.2, 0.25) is 5.91 Å². The van der Waals surface area contributed by atoms with Crippen molar-refractivity contribution in [1.82, 2.24) is 5.32 Å². The number of halogens is 1. The number of carbonyl (C=O) groups is 3. The number of alkyl carbamates (subject to hydrolysis) is 1. The lowest BCUT2D eigenvalue weighted by Crippen LogP contribution is -2.46. The van der Waals surface area contributed by atoms with Crippen molar-refractivity contribution in [3.8, 4) is 0 Å². The molecule has 0 fully saturated rings. The van der Waals surface area contributed by atoms with Crippen molar-refractivity contribution >= 4 is 51.3 Å². The first-order chi connectivity index (χ1) is 11.1. The summed E-state index contributed by atoms with van der Waals surface area (Å²) in [4.78, 5) is 36.0. The van der Waals surface area contributed by atoms with E-state index in [9.17, 15) is 14.4 Å². The molecule has 0 saturated heterocycles. The number of aromatic carboxylic acids is 1. The highest BCUT2D eigenvalue weighted by Crippen LogP contribution is 2.35. The summed E-state index contributed by atoms with van der Waals surface area (Å²) < 4.78 is 5.58. The number of benzene rings is 1. The van der Waals surface area contributed by atoms with Crippen LogP contribution in [0.15, 0.2) is 21.5 Å². The van der Waals surface area contributed by atoms with Gasteiger partial charge in [0.25, 0.3) is 0 Å². The van der Waals surface area contributed by atoms with Gasteiger partial charge in [-0.05, 0) is 48.8 Å². The van der Waals surface area contributed by atoms with Gasteiger partial charge in [-0.15, -0.1) is 11.8 Å². The van der Waals surface area contributed by atoms with Gasteiger partial charge in [0, 0.05) is 15.1 Å². The Bertz CT molecular complexity index is 702. The maximum Gasteiger partial charge on any atom is 0.408 e. The Morgan fingerprint density at radius 3 is 2.67 bits per heavy atom. The zero-order valence-electron chi connectivity index (χ0n) is 13.3. The second-order valence-corrected chi connectivity index (χ2v) is 8.05. The number of hydrogen-bond acceptors (Lipinski definition) is 5. The van der Waals surface area contributed by atoms with Crippen LogP contribution < -0.4 is 10.6 Å². The molecule has 2 amide bonds. The van der Waals surface area contributed by atoms with Gasteiger partial charge in [0.05, 0.1) is 11.3 Å². The zero-order chi connectivity index (χ0) is 18.1. The number of anilines is 1. The number of carbonyl (C=O) groups excluding carboxylic acids is 2. The molecular weight excluding hydrogens is 400 g/mol. The molecule has 0 bridgehead atoms. The van der Waals surface area contributed by atoms with Gasteiger partial charge in [-0.1, -0.05) is 0 Å². The van der Waals surface area contributed by atoms with Crippen LogP contribution in [-0.4, -0.2) is 40.5 Å². The molecule has 9 heteroatoms. The van der Waals surface area contributed by atoms with Gasteiger partial charge in [0.15, 0.2) is 0 Å². The molecule has 0 aliphatic carbocycles. The van der Waals surface area contributed by atoms with Crippen LogP contribution in [0.4, 0.5) is 10.5 Å². The molecule has 0 unspecified atom stereocenters. The highest BCUT2D eigenvalue weighted by atomic mass is 79.9. The predicted octanol–water partition coefficient (Wildman–Crippen LogP) is 3.08. The molecule has 1 aliphatic rings. The Labute approximate surface area is 151 Å². The number of rotatable bonds is 2. The summed E-state index contributed by atoms with van der Waals surface area (Å²) >= 11 is 4.55. The number of amides is 2. The van der Waals surface area contributed by atoms with Crippen LogP contribution in [0.1, 0.15) is 31.1 Å². The highest BCUT2D eigenvalue weighted by Gasteiger charge is 2.28. The molecule has 1 aliphatic heterocycles. The third kappa shape index (κ3) is 4.64. The van der Waals surface area contributed by atoms with Crippen LogP contribution in [-0.2, 0) is 9.53 Å². The molecule has 1 atom stereocenters. The number of carboxylic acid groups (broad SMARTS) is 1. The van der Waals surface area contributed by atoms with E-state index < -0.39 is 29.6 Å². The van der Waals surface area contributed by atoms with Crippen LogP contribution in [0.5, 0.6) is 0 Å². The van der Waals surface area contributed by atoms with Crippen LogP contribution in [0.3, 0.4) is 0 Å². The van der Waals surface area contributed by atoms with Crippen molar-refractivity contribution in [3.63, 3.8) is 0 Å². The van der Waals surface area contributed by atoms with Crippen molar-refractivity contribution in [3.05, 3.63) is 22.2 Å². The molecule has 0 spiro atoms. The number of carboxylic acids is 1. The van der Waals surface area contributed by atoms with E-state index in [4.69, 9.17) is 9.84 Å². The second-order valence-electron chi connectivity index (χ2n) is 6.13. The number of nitrogens with one attached hydrogen (secondary N) is 2. The van der Waals surface area contributed by atoms with Crippen molar-refractivity contribution in [2.45, 2.75) is 37.3 Å². The Morgan fingerprint density at radius 2 is 2.08 bits per heavy atom. The maximum atomic E-state index is 12.3. The molecule has 2 rings (SSSR count). The van der Waals surface area contributed by atoms with E-state index in [0.717, 1.165) is 0 Å². The Hall–Kier alpha value is -1.74. The lowest BCUT2D eigenvalue weighted by atomic mass is 10.2. The van der Waals surface area contributed by atoms with Crippen LogP contribution in [0.2, 0.25) is 0 Å². The number of ether oxygens (including phenoxy) is 1. The molecule has 0 saturated carbocycles. The van der Waals surface area contributed by atoms with Crippen LogP contribution >= 0.6 is 27.7 Å². The number of hydrogen-bond donors (Lipinski definition) is 3. The van der Waals surface area contributed by atoms with E-state index in [0.29, 0.717) is 20.8 Å². The lowest BCUT2D eigenvalue weighted by molar-refractivity contribution is -0.117. The minimum atomic E-state index is -1.10. The smallest absolute Gasteiger partial charge is 0.408 e. The topological polar surface area (TPSA) is 105 Å². The lowest BCUT2D eigenvalue weighted by Gasteiger charge is -2.22. The fourth-order valence-corrected chi connectivity index (χ4v) is 3.67. The third-order valence-electron chi connectivity index (χ3n) is 2.97. The molecule has 3 N–H and O–H groups in total. The van der Waals surface area contributed by atoms with E-state index in [1.54, 1.807) is 26.8 Å². The average molecular weight is 417 g/mol. The fourth-order valence-electron chi connectivity index (χ4n) is 1.96. The zero-order valence-corrected chi connectivity index (χ0v) is 15.7. The van der Waals surface area contributed by atoms with E-state index in [-0.39, 0.29) is 5.56 Å². The number of fused-ring (bicyclic) bond motifs is 1. The molecular formula is C15H17BrN2O5S. The summed E-state index contributed by atoms with van der Waals surface area (Å²) in [6, 6.07) is 2.24. The number of thioether (sulfide) groups is 1. The molecule has 1 heterocycles. The molecule has 7 nitrogen and oxygen atoms in total. The summed E-state index contributed by atoms with van der Waals surface area (Å²) in [5.41, 5.74) is -0.213. The first-order valence-corrected chi connectivity index (χ1v) is 8.84. The normalized spacial score (nSPS) is 17.3. The highest BCUT2D eigenvalue weighted by molar-refractivity contribution is 9.10. The van der Waals surface area contributed by atoms with E-state index in [2.05, 4.69) is 26.6 Å². The summed E-state index contributed by atoms with van der Waals surface area (Å²) in [7, 11) is 0. The van der Waals surface area contributed by atoms with E-state index in [1.807, 2.05) is 0 Å². The Kier molecular flexibility index (Phi) is 5.44. The van der Waals surface area contributed by atoms with Gasteiger partial charge in [-0.25, -0.2) is 9.59 Å². The van der Waals surface area contributed by atoms with Crippen molar-refractivity contribution < 1.29 is 24.2 Å². The van der Waals surface area contributed by atoms with Crippen molar-refractivity contribution in [1.29, 1.82) is 0 Å². The average Bonchev–Trinajstić information content (AvgIpc) is 2.56. The second kappa shape index (κ2) is 7.02. The molecule has 1 aromatic rings. The van der Waals surface area contributed by atoms with E-state index in [1.165, 1.54) is 17.8 Å². The minimum absolute atomic E-state index is 0.0493. The molecule has 1 aromatic carbocycles. The van der Waals surface area contributed by atoms with Crippen LogP contribution in [0, 0.1) is 0 Å². The SMILES string of the molecule is CC(C)(C)OC(=O)N[C@H]1CSc2cc(Br)c(C(=O)O)cc2NC1=O. The van der Waals surface area contributed by atoms with E-state index >= 15 is 0 Å².